The van der Waals surface area contributed by atoms with Crippen LogP contribution in [0.1, 0.15) is 18.1 Å². The number of halogens is 1. The first kappa shape index (κ1) is 17.3. The number of hydrogen-bond acceptors (Lipinski definition) is 4. The van der Waals surface area contributed by atoms with Crippen molar-refractivity contribution in [3.63, 3.8) is 0 Å². The van der Waals surface area contributed by atoms with Crippen LogP contribution in [0.15, 0.2) is 49.2 Å². The zero-order valence-electron chi connectivity index (χ0n) is 13.2. The van der Waals surface area contributed by atoms with E-state index >= 15 is 0 Å². The number of nitrogens with zero attached hydrogens (tertiary/aromatic N) is 1. The highest BCUT2D eigenvalue weighted by Gasteiger charge is 2.07. The summed E-state index contributed by atoms with van der Waals surface area (Å²) in [5, 5.41) is 3.74. The topological polar surface area (TPSA) is 43.4 Å². The lowest BCUT2D eigenvalue weighted by Crippen LogP contribution is -2.12. The van der Waals surface area contributed by atoms with Crippen molar-refractivity contribution in [3.05, 3.63) is 65.5 Å². The Morgan fingerprint density at radius 2 is 2.00 bits per heavy atom. The first-order valence-electron chi connectivity index (χ1n) is 7.53. The number of benzene rings is 1. The van der Waals surface area contributed by atoms with E-state index in [2.05, 4.69) is 16.9 Å². The third-order valence-electron chi connectivity index (χ3n) is 3.11. The molecule has 0 atom stereocenters. The number of ether oxygens (including phenoxy) is 2. The lowest BCUT2D eigenvalue weighted by atomic mass is 10.2. The molecular formula is C18H21ClN2O2. The van der Waals surface area contributed by atoms with Crippen LogP contribution in [-0.2, 0) is 13.2 Å². The predicted octanol–water partition coefficient (Wildman–Crippen LogP) is 3.99. The molecule has 0 saturated carbocycles. The summed E-state index contributed by atoms with van der Waals surface area (Å²) < 4.78 is 11.5. The Balaban J connectivity index is 2.04. The van der Waals surface area contributed by atoms with Gasteiger partial charge in [-0.1, -0.05) is 29.8 Å². The average molecular weight is 333 g/mol. The number of rotatable bonds is 9. The summed E-state index contributed by atoms with van der Waals surface area (Å²) >= 11 is 5.78. The zero-order valence-corrected chi connectivity index (χ0v) is 14.0. The second-order valence-corrected chi connectivity index (χ2v) is 5.30. The van der Waals surface area contributed by atoms with Gasteiger partial charge in [-0.15, -0.1) is 6.58 Å². The van der Waals surface area contributed by atoms with Crippen LogP contribution in [0.2, 0.25) is 5.15 Å². The molecule has 4 nitrogen and oxygen atoms in total. The number of pyridine rings is 1. The number of hydrogen-bond donors (Lipinski definition) is 1. The fraction of sp³-hybridized carbons (Fsp3) is 0.278. The second-order valence-electron chi connectivity index (χ2n) is 4.91. The van der Waals surface area contributed by atoms with Crippen LogP contribution in [0, 0.1) is 0 Å². The number of aromatic nitrogens is 1. The van der Waals surface area contributed by atoms with Crippen molar-refractivity contribution in [2.45, 2.75) is 20.1 Å². The van der Waals surface area contributed by atoms with Gasteiger partial charge in [-0.25, -0.2) is 4.98 Å². The summed E-state index contributed by atoms with van der Waals surface area (Å²) in [5.74, 6) is 1.46. The molecule has 0 fully saturated rings. The lowest BCUT2D eigenvalue weighted by molar-refractivity contribution is 0.269. The van der Waals surface area contributed by atoms with Crippen molar-refractivity contribution in [1.82, 2.24) is 10.3 Å². The molecule has 2 aromatic rings. The Bertz CT molecular complexity index is 629. The van der Waals surface area contributed by atoms with E-state index in [0.29, 0.717) is 24.1 Å². The standard InChI is InChI=1S/C18H21ClN2O2/c1-3-9-20-11-14-5-7-16(17(10-14)22-4-2)23-13-15-6-8-18(19)21-12-15/h3,5-8,10,12,20H,1,4,9,11,13H2,2H3. The first-order valence-corrected chi connectivity index (χ1v) is 7.91. The van der Waals surface area contributed by atoms with Crippen molar-refractivity contribution >= 4 is 11.6 Å². The summed E-state index contributed by atoms with van der Waals surface area (Å²) in [5.41, 5.74) is 2.09. The molecule has 1 aromatic heterocycles. The molecule has 0 bridgehead atoms. The average Bonchev–Trinajstić information content (AvgIpc) is 2.56. The van der Waals surface area contributed by atoms with E-state index in [4.69, 9.17) is 21.1 Å². The predicted molar refractivity (Wildman–Crippen MR) is 93.1 cm³/mol. The van der Waals surface area contributed by atoms with Crippen LogP contribution in [0.4, 0.5) is 0 Å². The summed E-state index contributed by atoms with van der Waals surface area (Å²) in [4.78, 5) is 4.04. The van der Waals surface area contributed by atoms with E-state index in [9.17, 15) is 0 Å². The van der Waals surface area contributed by atoms with Gasteiger partial charge in [-0.3, -0.25) is 0 Å². The van der Waals surface area contributed by atoms with Crippen LogP contribution in [-0.4, -0.2) is 18.1 Å². The van der Waals surface area contributed by atoms with Gasteiger partial charge in [0.2, 0.25) is 0 Å². The normalized spacial score (nSPS) is 10.3. The second kappa shape index (κ2) is 9.18. The van der Waals surface area contributed by atoms with Gasteiger partial charge in [-0.05, 0) is 30.7 Å². The van der Waals surface area contributed by atoms with Gasteiger partial charge in [0.15, 0.2) is 11.5 Å². The molecule has 1 heterocycles. The maximum absolute atomic E-state index is 5.85. The zero-order chi connectivity index (χ0) is 16.5. The minimum absolute atomic E-state index is 0.415. The minimum Gasteiger partial charge on any atom is -0.490 e. The van der Waals surface area contributed by atoms with Crippen molar-refractivity contribution in [2.24, 2.45) is 0 Å². The molecule has 0 aliphatic carbocycles. The highest BCUT2D eigenvalue weighted by Crippen LogP contribution is 2.29. The fourth-order valence-electron chi connectivity index (χ4n) is 2.02. The third kappa shape index (κ3) is 5.58. The van der Waals surface area contributed by atoms with E-state index in [1.165, 1.54) is 0 Å². The molecular weight excluding hydrogens is 312 g/mol. The van der Waals surface area contributed by atoms with Gasteiger partial charge in [-0.2, -0.15) is 0 Å². The molecule has 0 aliphatic rings. The van der Waals surface area contributed by atoms with E-state index in [0.717, 1.165) is 30.0 Å². The van der Waals surface area contributed by atoms with Gasteiger partial charge in [0.1, 0.15) is 11.8 Å². The molecule has 0 amide bonds. The molecule has 1 aromatic carbocycles. The van der Waals surface area contributed by atoms with E-state index in [1.807, 2.05) is 37.3 Å². The van der Waals surface area contributed by atoms with E-state index < -0.39 is 0 Å². The summed E-state index contributed by atoms with van der Waals surface area (Å²) in [6.07, 6.45) is 3.54. The molecule has 2 rings (SSSR count). The Kier molecular flexibility index (Phi) is 6.91. The molecule has 23 heavy (non-hydrogen) atoms. The quantitative estimate of drug-likeness (QED) is 0.428. The van der Waals surface area contributed by atoms with Crippen molar-refractivity contribution in [1.29, 1.82) is 0 Å². The summed E-state index contributed by atoms with van der Waals surface area (Å²) in [7, 11) is 0. The smallest absolute Gasteiger partial charge is 0.161 e. The molecule has 0 aliphatic heterocycles. The highest BCUT2D eigenvalue weighted by molar-refractivity contribution is 6.29. The SMILES string of the molecule is C=CCNCc1ccc(OCc2ccc(Cl)nc2)c(OCC)c1. The fourth-order valence-corrected chi connectivity index (χ4v) is 2.13. The van der Waals surface area contributed by atoms with Gasteiger partial charge >= 0.3 is 0 Å². The Morgan fingerprint density at radius 3 is 2.70 bits per heavy atom. The lowest BCUT2D eigenvalue weighted by Gasteiger charge is -2.13. The summed E-state index contributed by atoms with van der Waals surface area (Å²) in [6, 6.07) is 9.59. The third-order valence-corrected chi connectivity index (χ3v) is 3.33. The van der Waals surface area contributed by atoms with Gasteiger partial charge in [0.05, 0.1) is 6.61 Å². The molecule has 122 valence electrons. The minimum atomic E-state index is 0.415. The van der Waals surface area contributed by atoms with Crippen LogP contribution in [0.25, 0.3) is 0 Å². The largest absolute Gasteiger partial charge is 0.490 e. The molecule has 0 radical (unpaired) electrons. The highest BCUT2D eigenvalue weighted by atomic mass is 35.5. The van der Waals surface area contributed by atoms with Crippen molar-refractivity contribution < 1.29 is 9.47 Å². The Morgan fingerprint density at radius 1 is 1.17 bits per heavy atom. The molecule has 0 saturated heterocycles. The van der Waals surface area contributed by atoms with Crippen LogP contribution < -0.4 is 14.8 Å². The van der Waals surface area contributed by atoms with Crippen LogP contribution in [0.3, 0.4) is 0 Å². The maximum Gasteiger partial charge on any atom is 0.161 e. The monoisotopic (exact) mass is 332 g/mol. The van der Waals surface area contributed by atoms with E-state index in [1.54, 1.807) is 12.3 Å². The van der Waals surface area contributed by atoms with Gasteiger partial charge in [0.25, 0.3) is 0 Å². The molecule has 1 N–H and O–H groups in total. The van der Waals surface area contributed by atoms with Crippen molar-refractivity contribution in [2.75, 3.05) is 13.2 Å². The Hall–Kier alpha value is -2.04. The van der Waals surface area contributed by atoms with Crippen LogP contribution in [0.5, 0.6) is 11.5 Å². The number of nitrogens with one attached hydrogen (secondary N) is 1. The Labute approximate surface area is 142 Å². The molecule has 0 spiro atoms. The van der Waals surface area contributed by atoms with Crippen molar-refractivity contribution in [3.8, 4) is 11.5 Å². The molecule has 0 unspecified atom stereocenters. The van der Waals surface area contributed by atoms with Gasteiger partial charge < -0.3 is 14.8 Å². The summed E-state index contributed by atoms with van der Waals surface area (Å²) in [6.45, 7) is 8.17. The van der Waals surface area contributed by atoms with Crippen LogP contribution >= 0.6 is 11.6 Å². The van der Waals surface area contributed by atoms with Gasteiger partial charge in [0, 0.05) is 24.8 Å². The molecule has 5 heteroatoms. The maximum atomic E-state index is 5.85. The first-order chi connectivity index (χ1) is 11.2. The van der Waals surface area contributed by atoms with E-state index in [-0.39, 0.29) is 0 Å².